The van der Waals surface area contributed by atoms with E-state index in [1.54, 1.807) is 22.4 Å². The van der Waals surface area contributed by atoms with Crippen molar-refractivity contribution < 1.29 is 0 Å². The molecular formula is C14H18N2O. The fraction of sp³-hybridized carbons (Fsp3) is 0.357. The summed E-state index contributed by atoms with van der Waals surface area (Å²) < 4.78 is 3.34. The van der Waals surface area contributed by atoms with E-state index in [0.717, 1.165) is 0 Å². The first kappa shape index (κ1) is 11.7. The van der Waals surface area contributed by atoms with E-state index in [4.69, 9.17) is 0 Å². The first-order valence-electron chi connectivity index (χ1n) is 5.77. The molecule has 0 aliphatic heterocycles. The molecule has 0 bridgehead atoms. The minimum atomic E-state index is 0.0318. The molecular weight excluding hydrogens is 212 g/mol. The molecule has 0 aliphatic carbocycles. The highest BCUT2D eigenvalue weighted by Crippen LogP contribution is 2.16. The van der Waals surface area contributed by atoms with Crippen LogP contribution in [0.25, 0.3) is 0 Å². The van der Waals surface area contributed by atoms with Crippen molar-refractivity contribution in [3.63, 3.8) is 0 Å². The Morgan fingerprint density at radius 2 is 1.65 bits per heavy atom. The van der Waals surface area contributed by atoms with E-state index in [1.165, 1.54) is 22.3 Å². The Bertz CT molecular complexity index is 582. The zero-order valence-corrected chi connectivity index (χ0v) is 10.8. The summed E-state index contributed by atoms with van der Waals surface area (Å²) in [4.78, 5) is 11.8. The second kappa shape index (κ2) is 4.24. The molecule has 3 heteroatoms. The Balaban J connectivity index is 2.43. The van der Waals surface area contributed by atoms with Gasteiger partial charge in [0, 0.05) is 19.4 Å². The minimum Gasteiger partial charge on any atom is -0.302 e. The first-order valence-corrected chi connectivity index (χ1v) is 5.77. The number of aryl methyl sites for hydroxylation is 4. The van der Waals surface area contributed by atoms with Gasteiger partial charge in [-0.15, -0.1) is 0 Å². The van der Waals surface area contributed by atoms with Gasteiger partial charge in [0.1, 0.15) is 0 Å². The summed E-state index contributed by atoms with van der Waals surface area (Å²) in [7, 11) is 1.77. The van der Waals surface area contributed by atoms with Gasteiger partial charge in [0.05, 0.1) is 6.54 Å². The molecule has 1 aromatic heterocycles. The summed E-state index contributed by atoms with van der Waals surface area (Å²) in [5.41, 5.74) is 5.04. The standard InChI is InChI=1S/C14H18N2O/c1-10-7-11(2)13(12(3)8-10)9-16-6-5-15(4)14(16)17/h5-8H,9H2,1-4H3. The van der Waals surface area contributed by atoms with Gasteiger partial charge in [-0.1, -0.05) is 17.7 Å². The third-order valence-electron chi connectivity index (χ3n) is 3.19. The van der Waals surface area contributed by atoms with Gasteiger partial charge in [0.15, 0.2) is 0 Å². The van der Waals surface area contributed by atoms with E-state index in [1.807, 2.05) is 6.20 Å². The molecule has 0 aliphatic rings. The molecule has 1 aromatic carbocycles. The summed E-state index contributed by atoms with van der Waals surface area (Å²) in [6.45, 7) is 6.95. The molecule has 0 atom stereocenters. The number of benzene rings is 1. The van der Waals surface area contributed by atoms with E-state index >= 15 is 0 Å². The number of hydrogen-bond acceptors (Lipinski definition) is 1. The molecule has 90 valence electrons. The average Bonchev–Trinajstić information content (AvgIpc) is 2.54. The summed E-state index contributed by atoms with van der Waals surface area (Å²) in [6, 6.07) is 4.33. The Kier molecular flexibility index (Phi) is 2.92. The Morgan fingerprint density at radius 1 is 1.06 bits per heavy atom. The van der Waals surface area contributed by atoms with Crippen molar-refractivity contribution in [2.24, 2.45) is 7.05 Å². The molecule has 0 amide bonds. The van der Waals surface area contributed by atoms with Crippen molar-refractivity contribution in [3.05, 3.63) is 57.3 Å². The number of rotatable bonds is 2. The van der Waals surface area contributed by atoms with E-state index in [-0.39, 0.29) is 5.69 Å². The normalized spacial score (nSPS) is 10.8. The van der Waals surface area contributed by atoms with Crippen LogP contribution in [0.5, 0.6) is 0 Å². The van der Waals surface area contributed by atoms with Crippen LogP contribution in [0.2, 0.25) is 0 Å². The van der Waals surface area contributed by atoms with Crippen LogP contribution in [0.1, 0.15) is 22.3 Å². The predicted octanol–water partition coefficient (Wildman–Crippen LogP) is 2.16. The van der Waals surface area contributed by atoms with E-state index in [0.29, 0.717) is 6.54 Å². The van der Waals surface area contributed by atoms with Crippen molar-refractivity contribution in [1.29, 1.82) is 0 Å². The highest BCUT2D eigenvalue weighted by molar-refractivity contribution is 5.37. The van der Waals surface area contributed by atoms with Gasteiger partial charge < -0.3 is 4.57 Å². The highest BCUT2D eigenvalue weighted by Gasteiger charge is 2.07. The number of aromatic nitrogens is 2. The van der Waals surface area contributed by atoms with Gasteiger partial charge in [0.25, 0.3) is 0 Å². The van der Waals surface area contributed by atoms with Gasteiger partial charge in [-0.25, -0.2) is 4.79 Å². The topological polar surface area (TPSA) is 26.9 Å². The summed E-state index contributed by atoms with van der Waals surface area (Å²) in [5.74, 6) is 0. The van der Waals surface area contributed by atoms with Gasteiger partial charge in [-0.2, -0.15) is 0 Å². The van der Waals surface area contributed by atoms with Crippen LogP contribution in [0, 0.1) is 20.8 Å². The lowest BCUT2D eigenvalue weighted by Gasteiger charge is -2.11. The second-order valence-corrected chi connectivity index (χ2v) is 4.70. The first-order chi connectivity index (χ1) is 7.99. The Hall–Kier alpha value is -1.77. The highest BCUT2D eigenvalue weighted by atomic mass is 16.1. The molecule has 17 heavy (non-hydrogen) atoms. The monoisotopic (exact) mass is 230 g/mol. The minimum absolute atomic E-state index is 0.0318. The molecule has 0 N–H and O–H groups in total. The second-order valence-electron chi connectivity index (χ2n) is 4.70. The fourth-order valence-electron chi connectivity index (χ4n) is 2.26. The van der Waals surface area contributed by atoms with Gasteiger partial charge in [-0.3, -0.25) is 4.57 Å². The van der Waals surface area contributed by atoms with Crippen molar-refractivity contribution in [2.45, 2.75) is 27.3 Å². The van der Waals surface area contributed by atoms with E-state index < -0.39 is 0 Å². The molecule has 0 fully saturated rings. The van der Waals surface area contributed by atoms with Crippen LogP contribution in [0.15, 0.2) is 29.3 Å². The van der Waals surface area contributed by atoms with Gasteiger partial charge in [0.2, 0.25) is 0 Å². The van der Waals surface area contributed by atoms with Crippen molar-refractivity contribution in [1.82, 2.24) is 9.13 Å². The lowest BCUT2D eigenvalue weighted by Crippen LogP contribution is -2.22. The molecule has 0 unspecified atom stereocenters. The maximum atomic E-state index is 11.8. The van der Waals surface area contributed by atoms with Gasteiger partial charge in [-0.05, 0) is 37.5 Å². The molecule has 0 saturated heterocycles. The summed E-state index contributed by atoms with van der Waals surface area (Å²) in [6.07, 6.45) is 3.63. The predicted molar refractivity (Wildman–Crippen MR) is 69.4 cm³/mol. The smallest absolute Gasteiger partial charge is 0.302 e. The van der Waals surface area contributed by atoms with Crippen LogP contribution >= 0.6 is 0 Å². The largest absolute Gasteiger partial charge is 0.328 e. The van der Waals surface area contributed by atoms with Crippen LogP contribution in [-0.4, -0.2) is 9.13 Å². The molecule has 0 radical (unpaired) electrons. The maximum absolute atomic E-state index is 11.8. The zero-order valence-electron chi connectivity index (χ0n) is 10.8. The molecule has 1 heterocycles. The van der Waals surface area contributed by atoms with Crippen LogP contribution in [0.4, 0.5) is 0 Å². The zero-order chi connectivity index (χ0) is 12.6. The lowest BCUT2D eigenvalue weighted by molar-refractivity contribution is 0.712. The quantitative estimate of drug-likeness (QED) is 0.776. The van der Waals surface area contributed by atoms with Crippen LogP contribution < -0.4 is 5.69 Å². The molecule has 3 nitrogen and oxygen atoms in total. The van der Waals surface area contributed by atoms with E-state index in [9.17, 15) is 4.79 Å². The summed E-state index contributed by atoms with van der Waals surface area (Å²) in [5, 5.41) is 0. The van der Waals surface area contributed by atoms with Crippen LogP contribution in [0.3, 0.4) is 0 Å². The molecule has 0 saturated carbocycles. The Morgan fingerprint density at radius 3 is 2.12 bits per heavy atom. The molecule has 0 spiro atoms. The fourth-order valence-corrected chi connectivity index (χ4v) is 2.26. The third kappa shape index (κ3) is 2.18. The number of hydrogen-bond donors (Lipinski definition) is 0. The number of imidazole rings is 1. The number of nitrogens with zero attached hydrogens (tertiary/aromatic N) is 2. The summed E-state index contributed by atoms with van der Waals surface area (Å²) >= 11 is 0. The third-order valence-corrected chi connectivity index (χ3v) is 3.19. The molecule has 2 rings (SSSR count). The van der Waals surface area contributed by atoms with Crippen molar-refractivity contribution in [3.8, 4) is 0 Å². The average molecular weight is 230 g/mol. The molecule has 2 aromatic rings. The van der Waals surface area contributed by atoms with Crippen molar-refractivity contribution >= 4 is 0 Å². The SMILES string of the molecule is Cc1cc(C)c(Cn2ccn(C)c2=O)c(C)c1. The Labute approximate surface area is 101 Å². The maximum Gasteiger partial charge on any atom is 0.328 e. The van der Waals surface area contributed by atoms with Crippen LogP contribution in [-0.2, 0) is 13.6 Å². The lowest BCUT2D eigenvalue weighted by atomic mass is 10.00. The van der Waals surface area contributed by atoms with E-state index in [2.05, 4.69) is 32.9 Å². The van der Waals surface area contributed by atoms with Gasteiger partial charge >= 0.3 is 5.69 Å². The van der Waals surface area contributed by atoms with Crippen molar-refractivity contribution in [2.75, 3.05) is 0 Å².